The molecule has 1 aliphatic heterocycles. The van der Waals surface area contributed by atoms with Crippen molar-refractivity contribution < 1.29 is 24.2 Å². The second-order valence-electron chi connectivity index (χ2n) is 6.69. The average molecular weight is 424 g/mol. The van der Waals surface area contributed by atoms with Gasteiger partial charge in [0, 0.05) is 0 Å². The number of carboxylic acid groups (broad SMARTS) is 1. The normalized spacial score (nSPS) is 16.8. The highest BCUT2D eigenvalue weighted by molar-refractivity contribution is 8.26. The zero-order chi connectivity index (χ0) is 20.8. The maximum atomic E-state index is 12.8. The summed E-state index contributed by atoms with van der Waals surface area (Å²) in [6.45, 7) is 6.21. The van der Waals surface area contributed by atoms with Crippen LogP contribution < -0.4 is 9.47 Å². The van der Waals surface area contributed by atoms with Crippen LogP contribution in [0.25, 0.3) is 6.08 Å². The van der Waals surface area contributed by atoms with Crippen LogP contribution in [0.15, 0.2) is 23.1 Å². The maximum Gasteiger partial charge on any atom is 0.327 e. The number of thioether (sulfide) groups is 1. The van der Waals surface area contributed by atoms with E-state index in [1.54, 1.807) is 39.2 Å². The Balaban J connectivity index is 2.27. The van der Waals surface area contributed by atoms with Gasteiger partial charge in [-0.1, -0.05) is 57.2 Å². The van der Waals surface area contributed by atoms with E-state index in [9.17, 15) is 14.7 Å². The maximum absolute atomic E-state index is 12.8. The number of aliphatic carboxylic acids is 1. The predicted octanol–water partition coefficient (Wildman–Crippen LogP) is 4.18. The number of hydrogen-bond acceptors (Lipinski definition) is 6. The zero-order valence-electron chi connectivity index (χ0n) is 16.4. The fraction of sp³-hybridized carbons (Fsp3) is 0.450. The molecule has 8 heteroatoms. The van der Waals surface area contributed by atoms with E-state index in [1.807, 2.05) is 6.07 Å². The van der Waals surface area contributed by atoms with E-state index in [0.717, 1.165) is 30.2 Å². The molecule has 1 aliphatic rings. The van der Waals surface area contributed by atoms with Crippen molar-refractivity contribution in [2.24, 2.45) is 5.92 Å². The number of hydrogen-bond donors (Lipinski definition) is 1. The molecule has 0 spiro atoms. The number of carbonyl (C=O) groups excluding carboxylic acids is 1. The molecule has 6 nitrogen and oxygen atoms in total. The van der Waals surface area contributed by atoms with Gasteiger partial charge < -0.3 is 14.6 Å². The molecule has 1 N–H and O–H groups in total. The van der Waals surface area contributed by atoms with Crippen molar-refractivity contribution in [2.75, 3.05) is 13.7 Å². The Kier molecular flexibility index (Phi) is 7.88. The minimum absolute atomic E-state index is 0.254. The lowest BCUT2D eigenvalue weighted by atomic mass is 10.0. The number of carbonyl (C=O) groups is 2. The van der Waals surface area contributed by atoms with Crippen molar-refractivity contribution >= 4 is 46.3 Å². The van der Waals surface area contributed by atoms with Crippen LogP contribution in [0.3, 0.4) is 0 Å². The number of carboxylic acids is 1. The number of methoxy groups -OCH3 is 1. The lowest BCUT2D eigenvalue weighted by Gasteiger charge is -2.26. The molecule has 1 heterocycles. The Morgan fingerprint density at radius 1 is 1.36 bits per heavy atom. The van der Waals surface area contributed by atoms with Gasteiger partial charge in [-0.3, -0.25) is 9.69 Å². The molecule has 1 fully saturated rings. The molecule has 1 amide bonds. The molecule has 0 aromatic heterocycles. The van der Waals surface area contributed by atoms with Gasteiger partial charge in [0.05, 0.1) is 18.6 Å². The molecule has 0 saturated carbocycles. The molecule has 1 atom stereocenters. The van der Waals surface area contributed by atoms with Gasteiger partial charge in [-0.25, -0.2) is 4.79 Å². The monoisotopic (exact) mass is 423 g/mol. The van der Waals surface area contributed by atoms with Gasteiger partial charge in [-0.2, -0.15) is 0 Å². The first-order chi connectivity index (χ1) is 13.3. The molecule has 1 aromatic carbocycles. The van der Waals surface area contributed by atoms with Gasteiger partial charge in [0.25, 0.3) is 5.91 Å². The van der Waals surface area contributed by atoms with Crippen molar-refractivity contribution in [2.45, 2.75) is 39.7 Å². The lowest BCUT2D eigenvalue weighted by molar-refractivity contribution is -0.146. The van der Waals surface area contributed by atoms with Crippen LogP contribution in [0.1, 0.15) is 39.2 Å². The van der Waals surface area contributed by atoms with Gasteiger partial charge in [0.15, 0.2) is 11.5 Å². The van der Waals surface area contributed by atoms with Gasteiger partial charge in [0.2, 0.25) is 0 Å². The summed E-state index contributed by atoms with van der Waals surface area (Å²) >= 11 is 6.38. The number of benzene rings is 1. The van der Waals surface area contributed by atoms with Crippen LogP contribution in [0.4, 0.5) is 0 Å². The van der Waals surface area contributed by atoms with Crippen LogP contribution in [0, 0.1) is 5.92 Å². The van der Waals surface area contributed by atoms with Crippen LogP contribution in [0.5, 0.6) is 11.5 Å². The standard InChI is InChI=1S/C20H25NO5S2/c1-5-6-9-26-14-8-7-13(10-15(14)25-4)11-16-18(22)21(20(27)28-16)17(12(2)3)19(23)24/h7-8,10-12,17H,5-6,9H2,1-4H3,(H,23,24)/b16-11-/t17-/m1/s1. The Hall–Kier alpha value is -2.06. The molecular formula is C20H25NO5S2. The van der Waals surface area contributed by atoms with Gasteiger partial charge in [-0.05, 0) is 36.1 Å². The molecule has 28 heavy (non-hydrogen) atoms. The highest BCUT2D eigenvalue weighted by Crippen LogP contribution is 2.36. The number of amides is 1. The Morgan fingerprint density at radius 3 is 2.64 bits per heavy atom. The van der Waals surface area contributed by atoms with Crippen LogP contribution in [0.2, 0.25) is 0 Å². The molecular weight excluding hydrogens is 398 g/mol. The third-order valence-electron chi connectivity index (χ3n) is 4.23. The predicted molar refractivity (Wildman–Crippen MR) is 115 cm³/mol. The van der Waals surface area contributed by atoms with E-state index >= 15 is 0 Å². The first kappa shape index (κ1) is 22.2. The fourth-order valence-electron chi connectivity index (χ4n) is 2.78. The second kappa shape index (κ2) is 9.93. The van der Waals surface area contributed by atoms with E-state index in [1.165, 1.54) is 4.90 Å². The summed E-state index contributed by atoms with van der Waals surface area (Å²) in [6.07, 6.45) is 3.68. The van der Waals surface area contributed by atoms with Crippen LogP contribution >= 0.6 is 24.0 Å². The molecule has 1 saturated heterocycles. The summed E-state index contributed by atoms with van der Waals surface area (Å²) in [5, 5.41) is 9.49. The van der Waals surface area contributed by atoms with Crippen LogP contribution in [-0.2, 0) is 9.59 Å². The second-order valence-corrected chi connectivity index (χ2v) is 8.37. The van der Waals surface area contributed by atoms with Crippen molar-refractivity contribution in [3.05, 3.63) is 28.7 Å². The summed E-state index contributed by atoms with van der Waals surface area (Å²) in [4.78, 5) is 26.0. The average Bonchev–Trinajstić information content (AvgIpc) is 2.90. The first-order valence-corrected chi connectivity index (χ1v) is 10.3. The largest absolute Gasteiger partial charge is 0.493 e. The molecule has 0 aliphatic carbocycles. The van der Waals surface area contributed by atoms with Gasteiger partial charge in [-0.15, -0.1) is 0 Å². The fourth-order valence-corrected chi connectivity index (χ4v) is 4.11. The first-order valence-electron chi connectivity index (χ1n) is 9.10. The molecule has 1 aromatic rings. The number of rotatable bonds is 9. The molecule has 2 rings (SSSR count). The Bertz CT molecular complexity index is 791. The molecule has 0 unspecified atom stereocenters. The van der Waals surface area contributed by atoms with Crippen molar-refractivity contribution in [3.63, 3.8) is 0 Å². The summed E-state index contributed by atoms with van der Waals surface area (Å²) in [7, 11) is 1.56. The summed E-state index contributed by atoms with van der Waals surface area (Å²) in [6, 6.07) is 4.43. The lowest BCUT2D eigenvalue weighted by Crippen LogP contribution is -2.47. The highest BCUT2D eigenvalue weighted by Gasteiger charge is 2.41. The quantitative estimate of drug-likeness (QED) is 0.363. The minimum atomic E-state index is -1.07. The number of unbranched alkanes of at least 4 members (excludes halogenated alkanes) is 1. The molecule has 0 radical (unpaired) electrons. The smallest absolute Gasteiger partial charge is 0.327 e. The summed E-state index contributed by atoms with van der Waals surface area (Å²) in [5.41, 5.74) is 0.747. The van der Waals surface area contributed by atoms with E-state index < -0.39 is 17.9 Å². The highest BCUT2D eigenvalue weighted by atomic mass is 32.2. The van der Waals surface area contributed by atoms with Crippen LogP contribution in [-0.4, -0.2) is 46.0 Å². The van der Waals surface area contributed by atoms with Crippen molar-refractivity contribution in [1.29, 1.82) is 0 Å². The molecule has 152 valence electrons. The summed E-state index contributed by atoms with van der Waals surface area (Å²) < 4.78 is 11.4. The van der Waals surface area contributed by atoms with Gasteiger partial charge in [0.1, 0.15) is 10.4 Å². The number of thiocarbonyl (C=S) groups is 1. The van der Waals surface area contributed by atoms with E-state index in [0.29, 0.717) is 23.0 Å². The van der Waals surface area contributed by atoms with E-state index in [-0.39, 0.29) is 10.2 Å². The van der Waals surface area contributed by atoms with Crippen molar-refractivity contribution in [1.82, 2.24) is 4.90 Å². The van der Waals surface area contributed by atoms with E-state index in [2.05, 4.69) is 6.92 Å². The topological polar surface area (TPSA) is 76.1 Å². The van der Waals surface area contributed by atoms with Crippen molar-refractivity contribution in [3.8, 4) is 11.5 Å². The third kappa shape index (κ3) is 5.05. The zero-order valence-corrected chi connectivity index (χ0v) is 18.1. The molecule has 0 bridgehead atoms. The number of ether oxygens (including phenoxy) is 2. The Morgan fingerprint density at radius 2 is 2.07 bits per heavy atom. The Labute approximate surface area is 174 Å². The summed E-state index contributed by atoms with van der Waals surface area (Å²) in [5.74, 6) is -0.502. The number of nitrogens with zero attached hydrogens (tertiary/aromatic N) is 1. The third-order valence-corrected chi connectivity index (χ3v) is 5.56. The minimum Gasteiger partial charge on any atom is -0.493 e. The van der Waals surface area contributed by atoms with E-state index in [4.69, 9.17) is 21.7 Å². The van der Waals surface area contributed by atoms with Gasteiger partial charge >= 0.3 is 5.97 Å². The SMILES string of the molecule is CCCCOc1ccc(/C=C2\SC(=S)N([C@@H](C(=O)O)C(C)C)C2=O)cc1OC.